The van der Waals surface area contributed by atoms with Gasteiger partial charge in [0.05, 0.1) is 6.61 Å². The van der Waals surface area contributed by atoms with Crippen molar-refractivity contribution in [2.75, 3.05) is 6.61 Å². The van der Waals surface area contributed by atoms with E-state index in [-0.39, 0.29) is 0 Å². The predicted octanol–water partition coefficient (Wildman–Crippen LogP) is 3.75. The first-order chi connectivity index (χ1) is 8.62. The minimum atomic E-state index is 0.450. The van der Waals surface area contributed by atoms with E-state index in [2.05, 4.69) is 43.4 Å². The summed E-state index contributed by atoms with van der Waals surface area (Å²) in [5.41, 5.74) is 1.78. The van der Waals surface area contributed by atoms with E-state index in [4.69, 9.17) is 4.74 Å². The Morgan fingerprint density at radius 2 is 2.00 bits per heavy atom. The van der Waals surface area contributed by atoms with Gasteiger partial charge in [-0.3, -0.25) is 0 Å². The molecule has 2 rings (SSSR count). The van der Waals surface area contributed by atoms with Gasteiger partial charge in [0.1, 0.15) is 5.75 Å². The maximum Gasteiger partial charge on any atom is 0.119 e. The van der Waals surface area contributed by atoms with E-state index < -0.39 is 0 Å². The summed E-state index contributed by atoms with van der Waals surface area (Å²) < 4.78 is 5.45. The molecule has 100 valence electrons. The topological polar surface area (TPSA) is 21.3 Å². The molecule has 0 aromatic heterocycles. The van der Waals surface area contributed by atoms with Crippen LogP contribution in [0, 0.1) is 5.41 Å². The average molecular weight is 247 g/mol. The minimum Gasteiger partial charge on any atom is -0.494 e. The van der Waals surface area contributed by atoms with Crippen molar-refractivity contribution >= 4 is 0 Å². The lowest BCUT2D eigenvalue weighted by Gasteiger charge is -2.28. The normalized spacial score (nSPS) is 22.1. The first-order valence-corrected chi connectivity index (χ1v) is 7.07. The molecule has 0 saturated heterocycles. The quantitative estimate of drug-likeness (QED) is 0.855. The Kier molecular flexibility index (Phi) is 4.28. The van der Waals surface area contributed by atoms with Crippen molar-refractivity contribution < 1.29 is 4.74 Å². The Balaban J connectivity index is 1.86. The van der Waals surface area contributed by atoms with Crippen molar-refractivity contribution in [1.82, 2.24) is 5.32 Å². The molecule has 1 fully saturated rings. The highest BCUT2D eigenvalue weighted by Crippen LogP contribution is 2.37. The molecule has 1 N–H and O–H groups in total. The van der Waals surface area contributed by atoms with Crippen LogP contribution in [0.3, 0.4) is 0 Å². The van der Waals surface area contributed by atoms with Gasteiger partial charge in [-0.2, -0.15) is 0 Å². The Morgan fingerprint density at radius 1 is 1.28 bits per heavy atom. The molecule has 2 nitrogen and oxygen atoms in total. The second kappa shape index (κ2) is 5.75. The van der Waals surface area contributed by atoms with Crippen LogP contribution in [0.5, 0.6) is 5.75 Å². The lowest BCUT2D eigenvalue weighted by atomic mass is 9.87. The molecule has 0 heterocycles. The highest BCUT2D eigenvalue weighted by molar-refractivity contribution is 5.27. The Bertz CT molecular complexity index is 369. The van der Waals surface area contributed by atoms with E-state index in [9.17, 15) is 0 Å². The zero-order valence-corrected chi connectivity index (χ0v) is 11.8. The minimum absolute atomic E-state index is 0.450. The molecule has 0 spiro atoms. The van der Waals surface area contributed by atoms with Crippen LogP contribution in [-0.2, 0) is 6.54 Å². The van der Waals surface area contributed by atoms with Crippen LogP contribution in [0.1, 0.15) is 45.6 Å². The summed E-state index contributed by atoms with van der Waals surface area (Å²) in [7, 11) is 0. The van der Waals surface area contributed by atoms with Crippen molar-refractivity contribution in [3.05, 3.63) is 29.8 Å². The molecule has 1 aliphatic rings. The number of hydrogen-bond acceptors (Lipinski definition) is 2. The van der Waals surface area contributed by atoms with Crippen molar-refractivity contribution in [2.24, 2.45) is 5.41 Å². The van der Waals surface area contributed by atoms with Crippen LogP contribution in [0.25, 0.3) is 0 Å². The fraction of sp³-hybridized carbons (Fsp3) is 0.625. The Hall–Kier alpha value is -1.02. The lowest BCUT2D eigenvalue weighted by Crippen LogP contribution is -2.37. The molecule has 0 amide bonds. The monoisotopic (exact) mass is 247 g/mol. The van der Waals surface area contributed by atoms with Gasteiger partial charge in [0.15, 0.2) is 0 Å². The van der Waals surface area contributed by atoms with Crippen molar-refractivity contribution in [1.29, 1.82) is 0 Å². The molecule has 2 heteroatoms. The molecule has 18 heavy (non-hydrogen) atoms. The molecular weight excluding hydrogens is 222 g/mol. The summed E-state index contributed by atoms with van der Waals surface area (Å²) >= 11 is 0. The van der Waals surface area contributed by atoms with E-state index in [1.54, 1.807) is 0 Å². The lowest BCUT2D eigenvalue weighted by molar-refractivity contribution is 0.282. The van der Waals surface area contributed by atoms with Gasteiger partial charge in [-0.05, 0) is 42.9 Å². The molecule has 1 saturated carbocycles. The molecule has 0 aliphatic heterocycles. The molecule has 1 aromatic rings. The number of hydrogen-bond donors (Lipinski definition) is 1. The van der Waals surface area contributed by atoms with Crippen molar-refractivity contribution in [3.63, 3.8) is 0 Å². The summed E-state index contributed by atoms with van der Waals surface area (Å²) in [6.07, 6.45) is 4.01. The molecule has 1 unspecified atom stereocenters. The first kappa shape index (κ1) is 13.4. The predicted molar refractivity (Wildman–Crippen MR) is 75.9 cm³/mol. The third-order valence-corrected chi connectivity index (χ3v) is 4.04. The van der Waals surface area contributed by atoms with E-state index >= 15 is 0 Å². The zero-order chi connectivity index (χ0) is 13.0. The Labute approximate surface area is 111 Å². The van der Waals surface area contributed by atoms with Crippen LogP contribution in [0.2, 0.25) is 0 Å². The van der Waals surface area contributed by atoms with Gasteiger partial charge < -0.3 is 10.1 Å². The third-order valence-electron chi connectivity index (χ3n) is 4.04. The van der Waals surface area contributed by atoms with Gasteiger partial charge in [0.2, 0.25) is 0 Å². The van der Waals surface area contributed by atoms with Gasteiger partial charge in [-0.1, -0.05) is 32.4 Å². The van der Waals surface area contributed by atoms with Crippen LogP contribution < -0.4 is 10.1 Å². The van der Waals surface area contributed by atoms with Crippen molar-refractivity contribution in [2.45, 2.75) is 52.6 Å². The summed E-state index contributed by atoms with van der Waals surface area (Å²) in [5, 5.41) is 3.70. The maximum absolute atomic E-state index is 5.45. The molecule has 1 atom stereocenters. The molecular formula is C16H25NO. The number of ether oxygens (including phenoxy) is 1. The summed E-state index contributed by atoms with van der Waals surface area (Å²) in [6, 6.07) is 9.07. The molecule has 1 aromatic carbocycles. The van der Waals surface area contributed by atoms with E-state index in [1.807, 2.05) is 6.92 Å². The fourth-order valence-electron chi connectivity index (χ4n) is 2.82. The fourth-order valence-corrected chi connectivity index (χ4v) is 2.82. The number of rotatable bonds is 5. The molecule has 1 aliphatic carbocycles. The first-order valence-electron chi connectivity index (χ1n) is 7.07. The summed E-state index contributed by atoms with van der Waals surface area (Å²) in [6.45, 7) is 8.44. The average Bonchev–Trinajstić information content (AvgIpc) is 2.68. The van der Waals surface area contributed by atoms with E-state index in [0.717, 1.165) is 18.9 Å². The van der Waals surface area contributed by atoms with Crippen LogP contribution >= 0.6 is 0 Å². The standard InChI is InChI=1S/C16H25NO/c1-4-18-14-9-7-13(8-10-14)12-17-15-6-5-11-16(15,2)3/h7-10,15,17H,4-6,11-12H2,1-3H3. The van der Waals surface area contributed by atoms with Crippen LogP contribution in [0.4, 0.5) is 0 Å². The zero-order valence-electron chi connectivity index (χ0n) is 11.8. The van der Waals surface area contributed by atoms with Gasteiger partial charge in [-0.15, -0.1) is 0 Å². The van der Waals surface area contributed by atoms with Gasteiger partial charge >= 0.3 is 0 Å². The van der Waals surface area contributed by atoms with E-state index in [1.165, 1.54) is 24.8 Å². The molecule has 0 radical (unpaired) electrons. The van der Waals surface area contributed by atoms with Gasteiger partial charge in [-0.25, -0.2) is 0 Å². The highest BCUT2D eigenvalue weighted by atomic mass is 16.5. The van der Waals surface area contributed by atoms with Crippen molar-refractivity contribution in [3.8, 4) is 5.75 Å². The number of benzene rings is 1. The SMILES string of the molecule is CCOc1ccc(CNC2CCCC2(C)C)cc1. The number of nitrogens with one attached hydrogen (secondary N) is 1. The largest absolute Gasteiger partial charge is 0.494 e. The van der Waals surface area contributed by atoms with Crippen LogP contribution in [-0.4, -0.2) is 12.6 Å². The summed E-state index contributed by atoms with van der Waals surface area (Å²) in [5.74, 6) is 0.961. The highest BCUT2D eigenvalue weighted by Gasteiger charge is 2.33. The third kappa shape index (κ3) is 3.26. The summed E-state index contributed by atoms with van der Waals surface area (Å²) in [4.78, 5) is 0. The van der Waals surface area contributed by atoms with Crippen LogP contribution in [0.15, 0.2) is 24.3 Å². The smallest absolute Gasteiger partial charge is 0.119 e. The second-order valence-corrected chi connectivity index (χ2v) is 5.89. The van der Waals surface area contributed by atoms with Gasteiger partial charge in [0, 0.05) is 12.6 Å². The molecule has 0 bridgehead atoms. The second-order valence-electron chi connectivity index (χ2n) is 5.89. The van der Waals surface area contributed by atoms with Gasteiger partial charge in [0.25, 0.3) is 0 Å². The Morgan fingerprint density at radius 3 is 2.56 bits per heavy atom. The van der Waals surface area contributed by atoms with E-state index in [0.29, 0.717) is 11.5 Å². The maximum atomic E-state index is 5.45.